The lowest BCUT2D eigenvalue weighted by Crippen LogP contribution is -2.05. The Morgan fingerprint density at radius 2 is 1.74 bits per heavy atom. The summed E-state index contributed by atoms with van der Waals surface area (Å²) in [5.41, 5.74) is 0.764. The molecule has 1 N–H and O–H groups in total. The summed E-state index contributed by atoms with van der Waals surface area (Å²) >= 11 is 0. The lowest BCUT2D eigenvalue weighted by Gasteiger charge is -2.14. The van der Waals surface area contributed by atoms with Gasteiger partial charge in [0.25, 0.3) is 6.43 Å². The van der Waals surface area contributed by atoms with Gasteiger partial charge in [-0.1, -0.05) is 24.3 Å². The quantitative estimate of drug-likeness (QED) is 0.923. The molecule has 0 amide bonds. The zero-order chi connectivity index (χ0) is 13.8. The summed E-state index contributed by atoms with van der Waals surface area (Å²) in [4.78, 5) is 4.06. The molecule has 0 aliphatic carbocycles. The van der Waals surface area contributed by atoms with E-state index < -0.39 is 12.5 Å². The minimum atomic E-state index is -2.52. The molecule has 0 saturated heterocycles. The molecule has 0 bridgehead atoms. The van der Waals surface area contributed by atoms with Gasteiger partial charge in [-0.25, -0.2) is 8.78 Å². The van der Waals surface area contributed by atoms with Crippen LogP contribution in [0.1, 0.15) is 29.4 Å². The summed E-state index contributed by atoms with van der Waals surface area (Å²) in [7, 11) is 1.48. The fraction of sp³-hybridized carbons (Fsp3) is 0.214. The van der Waals surface area contributed by atoms with E-state index >= 15 is 0 Å². The third-order valence-electron chi connectivity index (χ3n) is 2.78. The number of benzene rings is 1. The molecule has 0 aliphatic rings. The molecule has 1 aromatic heterocycles. The number of aliphatic hydroxyl groups excluding tert-OH is 1. The maximum atomic E-state index is 12.4. The molecule has 2 rings (SSSR count). The standard InChI is InChI=1S/C14H13F2NO2/c1-19-11-3-2-8-17-12(11)13(18)9-4-6-10(7-5-9)14(15)16/h2-8,13-14,18H,1H3. The minimum absolute atomic E-state index is 0.0797. The van der Waals surface area contributed by atoms with Crippen molar-refractivity contribution in [3.05, 3.63) is 59.4 Å². The van der Waals surface area contributed by atoms with Crippen molar-refractivity contribution in [1.29, 1.82) is 0 Å². The average molecular weight is 265 g/mol. The second-order valence-corrected chi connectivity index (χ2v) is 3.96. The van der Waals surface area contributed by atoms with Crippen LogP contribution in [0.5, 0.6) is 5.75 Å². The fourth-order valence-electron chi connectivity index (χ4n) is 1.76. The highest BCUT2D eigenvalue weighted by Gasteiger charge is 2.17. The number of aliphatic hydroxyl groups is 1. The second-order valence-electron chi connectivity index (χ2n) is 3.96. The summed E-state index contributed by atoms with van der Waals surface area (Å²) in [6.07, 6.45) is -1.99. The van der Waals surface area contributed by atoms with Gasteiger partial charge in [-0.15, -0.1) is 0 Å². The lowest BCUT2D eigenvalue weighted by atomic mass is 10.0. The van der Waals surface area contributed by atoms with Gasteiger partial charge in [0.2, 0.25) is 0 Å². The van der Waals surface area contributed by atoms with Gasteiger partial charge >= 0.3 is 0 Å². The molecule has 1 unspecified atom stereocenters. The molecule has 0 aliphatic heterocycles. The Kier molecular flexibility index (Phi) is 4.06. The van der Waals surface area contributed by atoms with E-state index in [4.69, 9.17) is 4.74 Å². The van der Waals surface area contributed by atoms with Crippen molar-refractivity contribution in [2.75, 3.05) is 7.11 Å². The van der Waals surface area contributed by atoms with Crippen molar-refractivity contribution < 1.29 is 18.6 Å². The molecule has 0 radical (unpaired) electrons. The zero-order valence-corrected chi connectivity index (χ0v) is 10.3. The van der Waals surface area contributed by atoms with Gasteiger partial charge in [0.05, 0.1) is 7.11 Å². The van der Waals surface area contributed by atoms with Gasteiger partial charge in [-0.2, -0.15) is 0 Å². The molecular weight excluding hydrogens is 252 g/mol. The number of hydrogen-bond donors (Lipinski definition) is 1. The number of alkyl halides is 2. The Hall–Kier alpha value is -2.01. The molecule has 0 spiro atoms. The number of aromatic nitrogens is 1. The third kappa shape index (κ3) is 2.88. The first-order valence-corrected chi connectivity index (χ1v) is 5.68. The van der Waals surface area contributed by atoms with Crippen molar-refractivity contribution in [3.8, 4) is 5.75 Å². The lowest BCUT2D eigenvalue weighted by molar-refractivity contribution is 0.151. The van der Waals surface area contributed by atoms with E-state index in [1.54, 1.807) is 12.1 Å². The van der Waals surface area contributed by atoms with E-state index in [1.165, 1.54) is 37.6 Å². The summed E-state index contributed by atoms with van der Waals surface area (Å²) < 4.78 is 30.0. The largest absolute Gasteiger partial charge is 0.495 e. The predicted octanol–water partition coefficient (Wildman–Crippen LogP) is 3.11. The number of pyridine rings is 1. The second kappa shape index (κ2) is 5.75. The summed E-state index contributed by atoms with van der Waals surface area (Å²) in [5, 5.41) is 10.2. The molecule has 3 nitrogen and oxygen atoms in total. The normalized spacial score (nSPS) is 12.5. The van der Waals surface area contributed by atoms with E-state index in [1.807, 2.05) is 0 Å². The van der Waals surface area contributed by atoms with Crippen molar-refractivity contribution in [3.63, 3.8) is 0 Å². The van der Waals surface area contributed by atoms with Crippen LogP contribution in [-0.2, 0) is 0 Å². The molecule has 0 fully saturated rings. The van der Waals surface area contributed by atoms with E-state index in [0.717, 1.165) is 0 Å². The Balaban J connectivity index is 2.30. The zero-order valence-electron chi connectivity index (χ0n) is 10.3. The van der Waals surface area contributed by atoms with Crippen LogP contribution in [0, 0.1) is 0 Å². The highest BCUT2D eigenvalue weighted by atomic mass is 19.3. The smallest absolute Gasteiger partial charge is 0.263 e. The molecular formula is C14H13F2NO2. The first-order valence-electron chi connectivity index (χ1n) is 5.68. The van der Waals surface area contributed by atoms with Crippen LogP contribution in [0.3, 0.4) is 0 Å². The van der Waals surface area contributed by atoms with Crippen molar-refractivity contribution in [2.45, 2.75) is 12.5 Å². The molecule has 1 atom stereocenters. The van der Waals surface area contributed by atoms with Crippen LogP contribution in [0.4, 0.5) is 8.78 Å². The first kappa shape index (κ1) is 13.4. The minimum Gasteiger partial charge on any atom is -0.495 e. The number of nitrogens with zero attached hydrogens (tertiary/aromatic N) is 1. The van der Waals surface area contributed by atoms with Crippen LogP contribution in [0.15, 0.2) is 42.6 Å². The van der Waals surface area contributed by atoms with Crippen molar-refractivity contribution in [1.82, 2.24) is 4.98 Å². The molecule has 1 heterocycles. The number of methoxy groups -OCH3 is 1. The molecule has 2 aromatic rings. The molecule has 19 heavy (non-hydrogen) atoms. The Bertz CT molecular complexity index is 543. The Morgan fingerprint density at radius 1 is 1.11 bits per heavy atom. The van der Waals surface area contributed by atoms with Gasteiger partial charge in [-0.05, 0) is 17.7 Å². The number of hydrogen-bond acceptors (Lipinski definition) is 3. The number of rotatable bonds is 4. The van der Waals surface area contributed by atoms with Crippen LogP contribution < -0.4 is 4.74 Å². The maximum absolute atomic E-state index is 12.4. The van der Waals surface area contributed by atoms with Gasteiger partial charge < -0.3 is 9.84 Å². The van der Waals surface area contributed by atoms with Gasteiger partial charge in [-0.3, -0.25) is 4.98 Å². The summed E-state index contributed by atoms with van der Waals surface area (Å²) in [6.45, 7) is 0. The van der Waals surface area contributed by atoms with Crippen molar-refractivity contribution in [2.24, 2.45) is 0 Å². The monoisotopic (exact) mass is 265 g/mol. The Morgan fingerprint density at radius 3 is 2.32 bits per heavy atom. The first-order chi connectivity index (χ1) is 9.13. The van der Waals surface area contributed by atoms with E-state index in [-0.39, 0.29) is 5.56 Å². The average Bonchev–Trinajstić information content (AvgIpc) is 2.46. The van der Waals surface area contributed by atoms with E-state index in [0.29, 0.717) is 17.0 Å². The third-order valence-corrected chi connectivity index (χ3v) is 2.78. The van der Waals surface area contributed by atoms with Gasteiger partial charge in [0.15, 0.2) is 0 Å². The number of halogens is 2. The number of ether oxygens (including phenoxy) is 1. The van der Waals surface area contributed by atoms with Crippen molar-refractivity contribution >= 4 is 0 Å². The highest BCUT2D eigenvalue weighted by Crippen LogP contribution is 2.29. The highest BCUT2D eigenvalue weighted by molar-refractivity contribution is 5.36. The van der Waals surface area contributed by atoms with Crippen LogP contribution >= 0.6 is 0 Å². The maximum Gasteiger partial charge on any atom is 0.263 e. The van der Waals surface area contributed by atoms with Gasteiger partial charge in [0, 0.05) is 11.8 Å². The summed E-state index contributed by atoms with van der Waals surface area (Å²) in [5.74, 6) is 0.452. The Labute approximate surface area is 109 Å². The van der Waals surface area contributed by atoms with Crippen LogP contribution in [0.2, 0.25) is 0 Å². The van der Waals surface area contributed by atoms with Gasteiger partial charge in [0.1, 0.15) is 17.5 Å². The van der Waals surface area contributed by atoms with E-state index in [2.05, 4.69) is 4.98 Å². The van der Waals surface area contributed by atoms with E-state index in [9.17, 15) is 13.9 Å². The summed E-state index contributed by atoms with van der Waals surface area (Å²) in [6, 6.07) is 8.87. The SMILES string of the molecule is COc1cccnc1C(O)c1ccc(C(F)F)cc1. The van der Waals surface area contributed by atoms with Crippen LogP contribution in [0.25, 0.3) is 0 Å². The fourth-order valence-corrected chi connectivity index (χ4v) is 1.76. The molecule has 100 valence electrons. The topological polar surface area (TPSA) is 42.4 Å². The predicted molar refractivity (Wildman–Crippen MR) is 66.2 cm³/mol. The molecule has 1 aromatic carbocycles. The molecule has 0 saturated carbocycles. The molecule has 5 heteroatoms. The van der Waals surface area contributed by atoms with Crippen LogP contribution in [-0.4, -0.2) is 17.2 Å².